The van der Waals surface area contributed by atoms with E-state index in [-0.39, 0.29) is 37.1 Å². The van der Waals surface area contributed by atoms with E-state index in [1.54, 1.807) is 24.3 Å². The molecule has 1 atom stereocenters. The standard InChI is InChI=1S/C26H29FN4O5/c27-21-5-4-18(36-13-10-30-8-11-35-12-9-30)14-17(21)15-28-22-3-1-2-19-20(22)16-31(26(19)34)23-6-7-24(32)29-25(23)33/h1-5,14,23,28H,6-13,15-16H2,(H,29,32,33)/t23-/m0/s1. The number of hydrogen-bond acceptors (Lipinski definition) is 7. The molecule has 0 aliphatic carbocycles. The van der Waals surface area contributed by atoms with E-state index in [2.05, 4.69) is 15.5 Å². The summed E-state index contributed by atoms with van der Waals surface area (Å²) in [6, 6.07) is 9.33. The third-order valence-electron chi connectivity index (χ3n) is 6.85. The molecule has 5 rings (SSSR count). The molecule has 2 saturated heterocycles. The van der Waals surface area contributed by atoms with Crippen LogP contribution in [0.1, 0.15) is 34.3 Å². The highest BCUT2D eigenvalue weighted by molar-refractivity contribution is 6.06. The molecule has 3 aliphatic rings. The molecule has 2 N–H and O–H groups in total. The Morgan fingerprint density at radius 3 is 2.78 bits per heavy atom. The zero-order valence-electron chi connectivity index (χ0n) is 19.9. The summed E-state index contributed by atoms with van der Waals surface area (Å²) in [5.74, 6) is -0.771. The minimum Gasteiger partial charge on any atom is -0.492 e. The first-order chi connectivity index (χ1) is 17.5. The van der Waals surface area contributed by atoms with Crippen LogP contribution in [0.15, 0.2) is 36.4 Å². The van der Waals surface area contributed by atoms with Crippen LogP contribution in [0.3, 0.4) is 0 Å². The van der Waals surface area contributed by atoms with E-state index in [1.165, 1.54) is 11.0 Å². The third kappa shape index (κ3) is 5.19. The van der Waals surface area contributed by atoms with Gasteiger partial charge in [0.25, 0.3) is 5.91 Å². The van der Waals surface area contributed by atoms with E-state index in [0.717, 1.165) is 38.4 Å². The molecule has 2 aromatic carbocycles. The van der Waals surface area contributed by atoms with Crippen molar-refractivity contribution in [3.63, 3.8) is 0 Å². The van der Waals surface area contributed by atoms with Gasteiger partial charge < -0.3 is 19.7 Å². The van der Waals surface area contributed by atoms with Gasteiger partial charge in [0.15, 0.2) is 0 Å². The molecule has 3 aliphatic heterocycles. The number of amides is 3. The number of carbonyl (C=O) groups is 3. The summed E-state index contributed by atoms with van der Waals surface area (Å²) in [5.41, 5.74) is 2.41. The van der Waals surface area contributed by atoms with Crippen LogP contribution in [0.5, 0.6) is 5.75 Å². The second-order valence-corrected chi connectivity index (χ2v) is 9.14. The van der Waals surface area contributed by atoms with Gasteiger partial charge in [-0.25, -0.2) is 4.39 Å². The first-order valence-electron chi connectivity index (χ1n) is 12.2. The molecule has 0 aromatic heterocycles. The summed E-state index contributed by atoms with van der Waals surface area (Å²) in [4.78, 5) is 40.6. The largest absolute Gasteiger partial charge is 0.492 e. The lowest BCUT2D eigenvalue weighted by molar-refractivity contribution is -0.136. The van der Waals surface area contributed by atoms with Crippen molar-refractivity contribution in [3.05, 3.63) is 58.9 Å². The van der Waals surface area contributed by atoms with Crippen LogP contribution >= 0.6 is 0 Å². The molecule has 10 heteroatoms. The van der Waals surface area contributed by atoms with Crippen LogP contribution in [0.25, 0.3) is 0 Å². The Balaban J connectivity index is 1.23. The molecular weight excluding hydrogens is 467 g/mol. The number of halogens is 1. The molecule has 0 unspecified atom stereocenters. The fourth-order valence-electron chi connectivity index (χ4n) is 4.84. The normalized spacial score (nSPS) is 20.3. The molecule has 2 aromatic rings. The lowest BCUT2D eigenvalue weighted by atomic mass is 10.0. The zero-order chi connectivity index (χ0) is 25.1. The molecule has 9 nitrogen and oxygen atoms in total. The van der Waals surface area contributed by atoms with E-state index in [0.29, 0.717) is 35.6 Å². The second kappa shape index (κ2) is 10.6. The number of ether oxygens (including phenoxy) is 2. The van der Waals surface area contributed by atoms with Crippen molar-refractivity contribution in [2.24, 2.45) is 0 Å². The van der Waals surface area contributed by atoms with Crippen LogP contribution in [-0.2, 0) is 27.4 Å². The van der Waals surface area contributed by atoms with Gasteiger partial charge in [-0.15, -0.1) is 0 Å². The fourth-order valence-corrected chi connectivity index (χ4v) is 4.84. The fraction of sp³-hybridized carbons (Fsp3) is 0.423. The quantitative estimate of drug-likeness (QED) is 0.539. The number of fused-ring (bicyclic) bond motifs is 1. The van der Waals surface area contributed by atoms with Crippen LogP contribution in [0, 0.1) is 5.82 Å². The van der Waals surface area contributed by atoms with Crippen LogP contribution in [-0.4, -0.2) is 73.0 Å². The average Bonchev–Trinajstić information content (AvgIpc) is 3.21. The maximum Gasteiger partial charge on any atom is 0.255 e. The van der Waals surface area contributed by atoms with Gasteiger partial charge in [-0.05, 0) is 36.8 Å². The first-order valence-corrected chi connectivity index (χ1v) is 12.2. The van der Waals surface area contributed by atoms with Crippen molar-refractivity contribution in [2.75, 3.05) is 44.8 Å². The molecule has 0 spiro atoms. The molecule has 190 valence electrons. The van der Waals surface area contributed by atoms with Gasteiger partial charge in [0, 0.05) is 61.5 Å². The van der Waals surface area contributed by atoms with E-state index in [1.807, 2.05) is 6.07 Å². The average molecular weight is 497 g/mol. The Morgan fingerprint density at radius 2 is 1.97 bits per heavy atom. The summed E-state index contributed by atoms with van der Waals surface area (Å²) >= 11 is 0. The van der Waals surface area contributed by atoms with Crippen molar-refractivity contribution < 1.29 is 28.2 Å². The number of hydrogen-bond donors (Lipinski definition) is 2. The minimum absolute atomic E-state index is 0.200. The molecule has 2 fully saturated rings. The summed E-state index contributed by atoms with van der Waals surface area (Å²) in [6.07, 6.45) is 0.502. The summed E-state index contributed by atoms with van der Waals surface area (Å²) in [5, 5.41) is 5.56. The maximum atomic E-state index is 14.5. The minimum atomic E-state index is -0.681. The molecule has 0 radical (unpaired) electrons. The van der Waals surface area contributed by atoms with Crippen LogP contribution < -0.4 is 15.4 Å². The van der Waals surface area contributed by atoms with E-state index < -0.39 is 11.9 Å². The van der Waals surface area contributed by atoms with Gasteiger partial charge in [0.2, 0.25) is 11.8 Å². The number of morpholine rings is 1. The zero-order valence-corrected chi connectivity index (χ0v) is 19.9. The molecule has 3 amide bonds. The predicted octanol–water partition coefficient (Wildman–Crippen LogP) is 1.91. The topological polar surface area (TPSA) is 100 Å². The molecule has 36 heavy (non-hydrogen) atoms. The van der Waals surface area contributed by atoms with Crippen LogP contribution in [0.4, 0.5) is 10.1 Å². The van der Waals surface area contributed by atoms with E-state index in [4.69, 9.17) is 9.47 Å². The number of piperidine rings is 1. The van der Waals surface area contributed by atoms with Gasteiger partial charge >= 0.3 is 0 Å². The summed E-state index contributed by atoms with van der Waals surface area (Å²) in [7, 11) is 0. The highest BCUT2D eigenvalue weighted by Gasteiger charge is 2.39. The number of nitrogens with zero attached hydrogens (tertiary/aromatic N) is 2. The number of anilines is 1. The van der Waals surface area contributed by atoms with Crippen LogP contribution in [0.2, 0.25) is 0 Å². The molecule has 3 heterocycles. The second-order valence-electron chi connectivity index (χ2n) is 9.14. The van der Waals surface area contributed by atoms with Crippen molar-refractivity contribution >= 4 is 23.4 Å². The van der Waals surface area contributed by atoms with Gasteiger partial charge in [-0.2, -0.15) is 0 Å². The van der Waals surface area contributed by atoms with Gasteiger partial charge in [-0.1, -0.05) is 6.07 Å². The monoisotopic (exact) mass is 496 g/mol. The SMILES string of the molecule is O=C1CC[C@H](N2Cc3c(NCc4cc(OCCN5CCOCC5)ccc4F)cccc3C2=O)C(=O)N1. The molecule has 0 saturated carbocycles. The molecular formula is C26H29FN4O5. The summed E-state index contributed by atoms with van der Waals surface area (Å²) < 4.78 is 25.8. The van der Waals surface area contributed by atoms with E-state index in [9.17, 15) is 18.8 Å². The van der Waals surface area contributed by atoms with Gasteiger partial charge in [0.05, 0.1) is 13.2 Å². The smallest absolute Gasteiger partial charge is 0.255 e. The highest BCUT2D eigenvalue weighted by Crippen LogP contribution is 2.32. The third-order valence-corrected chi connectivity index (χ3v) is 6.85. The Hall–Kier alpha value is -3.50. The Labute approximate surface area is 208 Å². The highest BCUT2D eigenvalue weighted by atomic mass is 19.1. The summed E-state index contributed by atoms with van der Waals surface area (Å²) in [6.45, 7) is 4.95. The Morgan fingerprint density at radius 1 is 1.14 bits per heavy atom. The van der Waals surface area contributed by atoms with E-state index >= 15 is 0 Å². The van der Waals surface area contributed by atoms with Gasteiger partial charge in [0.1, 0.15) is 24.2 Å². The van der Waals surface area contributed by atoms with Gasteiger partial charge in [-0.3, -0.25) is 24.6 Å². The number of imide groups is 1. The Kier molecular flexibility index (Phi) is 7.15. The maximum absolute atomic E-state index is 14.5. The Bertz CT molecular complexity index is 1170. The first kappa shape index (κ1) is 24.2. The lowest BCUT2D eigenvalue weighted by Crippen LogP contribution is -2.52. The van der Waals surface area contributed by atoms with Crippen molar-refractivity contribution in [1.29, 1.82) is 0 Å². The lowest BCUT2D eigenvalue weighted by Gasteiger charge is -2.29. The molecule has 0 bridgehead atoms. The number of carbonyl (C=O) groups excluding carboxylic acids is 3. The number of nitrogens with one attached hydrogen (secondary N) is 2. The van der Waals surface area contributed by atoms with Crippen molar-refractivity contribution in [2.45, 2.75) is 32.0 Å². The predicted molar refractivity (Wildman–Crippen MR) is 129 cm³/mol. The van der Waals surface area contributed by atoms with Crippen molar-refractivity contribution in [3.8, 4) is 5.75 Å². The number of rotatable bonds is 8. The van der Waals surface area contributed by atoms with Crippen molar-refractivity contribution in [1.82, 2.24) is 15.1 Å². The number of benzene rings is 2.